The number of methoxy groups -OCH3 is 1. The minimum Gasteiger partial charge on any atom is -0.493 e. The molecule has 38 heavy (non-hydrogen) atoms. The van der Waals surface area contributed by atoms with Crippen LogP contribution in [0.25, 0.3) is 0 Å². The fourth-order valence-electron chi connectivity index (χ4n) is 3.91. The van der Waals surface area contributed by atoms with Gasteiger partial charge in [-0.05, 0) is 47.4 Å². The van der Waals surface area contributed by atoms with Gasteiger partial charge in [0.05, 0.1) is 7.11 Å². The van der Waals surface area contributed by atoms with Gasteiger partial charge in [-0.1, -0.05) is 86.6 Å². The van der Waals surface area contributed by atoms with Crippen LogP contribution in [-0.2, 0) is 30.8 Å². The highest BCUT2D eigenvalue weighted by molar-refractivity contribution is 5.75. The number of hydrogen-bond acceptors (Lipinski definition) is 4. The number of carbonyl (C=O) groups excluding carboxylic acids is 1. The smallest absolute Gasteiger partial charge is 0.222 e. The number of pyridine rings is 1. The number of amides is 1. The highest BCUT2D eigenvalue weighted by Gasteiger charge is 2.14. The second-order valence-electron chi connectivity index (χ2n) is 8.84. The summed E-state index contributed by atoms with van der Waals surface area (Å²) in [6.45, 7) is 5.67. The molecule has 4 aromatic rings. The van der Waals surface area contributed by atoms with Crippen LogP contribution in [0.5, 0.6) is 11.5 Å². The molecule has 0 radical (unpaired) electrons. The van der Waals surface area contributed by atoms with E-state index in [9.17, 15) is 4.79 Å². The molecule has 198 valence electrons. The maximum atomic E-state index is 12.5. The topological polar surface area (TPSA) is 51.7 Å². The van der Waals surface area contributed by atoms with Crippen molar-refractivity contribution in [1.29, 1.82) is 0 Å². The SMILES string of the molecule is CCC(=O)N(CCc1ccccn1)Cc1ccc(OCc2ccccc2)c(OC)c1.CCc1ccccc1. The van der Waals surface area contributed by atoms with Crippen molar-refractivity contribution < 1.29 is 14.3 Å². The summed E-state index contributed by atoms with van der Waals surface area (Å²) in [6, 6.07) is 32.1. The maximum Gasteiger partial charge on any atom is 0.222 e. The molecule has 0 N–H and O–H groups in total. The first-order valence-electron chi connectivity index (χ1n) is 13.2. The predicted octanol–water partition coefficient (Wildman–Crippen LogP) is 6.90. The lowest BCUT2D eigenvalue weighted by Crippen LogP contribution is -2.32. The minimum atomic E-state index is 0.120. The van der Waals surface area contributed by atoms with Gasteiger partial charge in [0.1, 0.15) is 6.61 Å². The van der Waals surface area contributed by atoms with Crippen molar-refractivity contribution in [3.63, 3.8) is 0 Å². The van der Waals surface area contributed by atoms with Crippen LogP contribution in [0.4, 0.5) is 0 Å². The van der Waals surface area contributed by atoms with Gasteiger partial charge in [0.2, 0.25) is 5.91 Å². The average Bonchev–Trinajstić information content (AvgIpc) is 2.99. The number of aromatic nitrogens is 1. The van der Waals surface area contributed by atoms with E-state index >= 15 is 0 Å². The molecule has 0 aliphatic carbocycles. The zero-order valence-corrected chi connectivity index (χ0v) is 22.7. The summed E-state index contributed by atoms with van der Waals surface area (Å²) in [6.07, 6.45) is 4.11. The van der Waals surface area contributed by atoms with Gasteiger partial charge in [0.25, 0.3) is 0 Å². The summed E-state index contributed by atoms with van der Waals surface area (Å²) in [5.41, 5.74) is 4.49. The zero-order chi connectivity index (χ0) is 27.0. The normalized spacial score (nSPS) is 10.2. The lowest BCUT2D eigenvalue weighted by Gasteiger charge is -2.23. The molecule has 5 heteroatoms. The van der Waals surface area contributed by atoms with Gasteiger partial charge >= 0.3 is 0 Å². The lowest BCUT2D eigenvalue weighted by atomic mass is 10.1. The van der Waals surface area contributed by atoms with Crippen LogP contribution in [0.15, 0.2) is 103 Å². The van der Waals surface area contributed by atoms with Gasteiger partial charge in [-0.15, -0.1) is 0 Å². The quantitative estimate of drug-likeness (QED) is 0.220. The molecule has 0 bridgehead atoms. The third kappa shape index (κ3) is 9.40. The molecule has 0 aliphatic rings. The molecular formula is C33H38N2O3. The fourth-order valence-corrected chi connectivity index (χ4v) is 3.91. The van der Waals surface area contributed by atoms with E-state index in [2.05, 4.69) is 36.2 Å². The molecule has 1 aromatic heterocycles. The molecule has 0 unspecified atom stereocenters. The Hall–Kier alpha value is -4.12. The Morgan fingerprint density at radius 2 is 1.47 bits per heavy atom. The highest BCUT2D eigenvalue weighted by atomic mass is 16.5. The molecule has 0 fully saturated rings. The van der Waals surface area contributed by atoms with E-state index in [1.165, 1.54) is 5.56 Å². The number of aryl methyl sites for hydroxylation is 1. The van der Waals surface area contributed by atoms with Crippen molar-refractivity contribution in [3.05, 3.63) is 126 Å². The molecular weight excluding hydrogens is 472 g/mol. The first-order chi connectivity index (χ1) is 18.6. The summed E-state index contributed by atoms with van der Waals surface area (Å²) < 4.78 is 11.5. The third-order valence-corrected chi connectivity index (χ3v) is 6.11. The number of hydrogen-bond donors (Lipinski definition) is 0. The Labute approximate surface area is 227 Å². The van der Waals surface area contributed by atoms with Crippen molar-refractivity contribution in [1.82, 2.24) is 9.88 Å². The van der Waals surface area contributed by atoms with Gasteiger partial charge in [0.15, 0.2) is 11.5 Å². The fraction of sp³-hybridized carbons (Fsp3) is 0.273. The molecule has 3 aromatic carbocycles. The van der Waals surface area contributed by atoms with E-state index < -0.39 is 0 Å². The van der Waals surface area contributed by atoms with Crippen molar-refractivity contribution in [2.75, 3.05) is 13.7 Å². The zero-order valence-electron chi connectivity index (χ0n) is 22.7. The largest absolute Gasteiger partial charge is 0.493 e. The summed E-state index contributed by atoms with van der Waals surface area (Å²) in [5, 5.41) is 0. The summed E-state index contributed by atoms with van der Waals surface area (Å²) in [4.78, 5) is 18.7. The summed E-state index contributed by atoms with van der Waals surface area (Å²) in [5.74, 6) is 1.47. The first kappa shape index (κ1) is 28.5. The monoisotopic (exact) mass is 510 g/mol. The van der Waals surface area contributed by atoms with Crippen LogP contribution in [-0.4, -0.2) is 29.4 Å². The number of nitrogens with zero attached hydrogens (tertiary/aromatic N) is 2. The molecule has 0 spiro atoms. The van der Waals surface area contributed by atoms with Crippen LogP contribution in [0.2, 0.25) is 0 Å². The van der Waals surface area contributed by atoms with Gasteiger partial charge in [-0.2, -0.15) is 0 Å². The molecule has 0 saturated heterocycles. The second kappa shape index (κ2) is 15.9. The van der Waals surface area contributed by atoms with Crippen LogP contribution in [0, 0.1) is 0 Å². The van der Waals surface area contributed by atoms with E-state index in [0.717, 1.165) is 29.7 Å². The Kier molecular flexibility index (Phi) is 11.9. The number of carbonyl (C=O) groups is 1. The minimum absolute atomic E-state index is 0.120. The Balaban J connectivity index is 0.000000427. The van der Waals surface area contributed by atoms with Gasteiger partial charge in [-0.25, -0.2) is 0 Å². The molecule has 1 amide bonds. The van der Waals surface area contributed by atoms with Gasteiger partial charge in [-0.3, -0.25) is 9.78 Å². The van der Waals surface area contributed by atoms with E-state index in [1.54, 1.807) is 13.3 Å². The number of rotatable bonds is 11. The molecule has 0 saturated carbocycles. The van der Waals surface area contributed by atoms with Crippen LogP contribution in [0.3, 0.4) is 0 Å². The third-order valence-electron chi connectivity index (χ3n) is 6.11. The first-order valence-corrected chi connectivity index (χ1v) is 13.2. The van der Waals surface area contributed by atoms with Crippen molar-refractivity contribution >= 4 is 5.91 Å². The summed E-state index contributed by atoms with van der Waals surface area (Å²) in [7, 11) is 1.63. The van der Waals surface area contributed by atoms with Crippen LogP contribution in [0.1, 0.15) is 42.7 Å². The Bertz CT molecular complexity index is 1210. The standard InChI is InChI=1S/C25H28N2O3.C8H10/c1-3-25(28)27(16-14-22-11-7-8-15-26-22)18-21-12-13-23(24(17-21)29-2)30-19-20-9-5-4-6-10-20;1-2-8-6-4-3-5-7-8/h4-13,15,17H,3,14,16,18-19H2,1-2H3;3-7H,2H2,1H3. The van der Waals surface area contributed by atoms with E-state index in [4.69, 9.17) is 9.47 Å². The van der Waals surface area contributed by atoms with E-state index in [-0.39, 0.29) is 5.91 Å². The highest BCUT2D eigenvalue weighted by Crippen LogP contribution is 2.29. The molecule has 4 rings (SSSR count). The van der Waals surface area contributed by atoms with E-state index in [1.807, 2.05) is 84.6 Å². The average molecular weight is 511 g/mol. The van der Waals surface area contributed by atoms with Crippen molar-refractivity contribution in [2.24, 2.45) is 0 Å². The molecule has 0 atom stereocenters. The maximum absolute atomic E-state index is 12.5. The molecule has 5 nitrogen and oxygen atoms in total. The predicted molar refractivity (Wildman–Crippen MR) is 153 cm³/mol. The summed E-state index contributed by atoms with van der Waals surface area (Å²) >= 11 is 0. The Morgan fingerprint density at radius 3 is 2.05 bits per heavy atom. The Morgan fingerprint density at radius 1 is 0.789 bits per heavy atom. The second-order valence-corrected chi connectivity index (χ2v) is 8.84. The van der Waals surface area contributed by atoms with Crippen LogP contribution < -0.4 is 9.47 Å². The van der Waals surface area contributed by atoms with Crippen molar-refractivity contribution in [2.45, 2.75) is 46.3 Å². The number of ether oxygens (including phenoxy) is 2. The van der Waals surface area contributed by atoms with Crippen LogP contribution >= 0.6 is 0 Å². The lowest BCUT2D eigenvalue weighted by molar-refractivity contribution is -0.131. The van der Waals surface area contributed by atoms with Gasteiger partial charge < -0.3 is 14.4 Å². The van der Waals surface area contributed by atoms with Gasteiger partial charge in [0, 0.05) is 37.8 Å². The molecule has 1 heterocycles. The number of benzene rings is 3. The van der Waals surface area contributed by atoms with E-state index in [0.29, 0.717) is 37.6 Å². The molecule has 0 aliphatic heterocycles. The van der Waals surface area contributed by atoms with Crippen molar-refractivity contribution in [3.8, 4) is 11.5 Å².